The van der Waals surface area contributed by atoms with Crippen molar-refractivity contribution in [3.8, 4) is 0 Å². The predicted octanol–water partition coefficient (Wildman–Crippen LogP) is 2.81. The molecule has 1 heterocycles. The molecule has 5 heteroatoms. The highest BCUT2D eigenvalue weighted by atomic mass is 16.7. The van der Waals surface area contributed by atoms with Gasteiger partial charge in [-0.05, 0) is 41.0 Å². The Labute approximate surface area is 116 Å². The van der Waals surface area contributed by atoms with Gasteiger partial charge in [-0.2, -0.15) is 0 Å². The van der Waals surface area contributed by atoms with Crippen molar-refractivity contribution in [3.05, 3.63) is 0 Å². The predicted molar refractivity (Wildman–Crippen MR) is 73.8 cm³/mol. The molecule has 2 atom stereocenters. The van der Waals surface area contributed by atoms with Crippen LogP contribution in [0.1, 0.15) is 53.9 Å². The lowest BCUT2D eigenvalue weighted by Gasteiger charge is -2.32. The molecule has 1 aliphatic carbocycles. The molecule has 0 aromatic heterocycles. The number of carbonyl (C=O) groups excluding carboxylic acids is 1. The van der Waals surface area contributed by atoms with E-state index in [9.17, 15) is 4.79 Å². The first-order valence-corrected chi connectivity index (χ1v) is 7.31. The Morgan fingerprint density at radius 3 is 2.32 bits per heavy atom. The first-order chi connectivity index (χ1) is 8.78. The van der Waals surface area contributed by atoms with Crippen LogP contribution in [-0.2, 0) is 18.8 Å². The van der Waals surface area contributed by atoms with Crippen LogP contribution in [0.25, 0.3) is 0 Å². The first kappa shape index (κ1) is 14.9. The van der Waals surface area contributed by atoms with Gasteiger partial charge < -0.3 is 14.0 Å². The SMILES string of the molecule is CCOC(=O)[C@@H]1CCC[C@H]1B1OC(C)(C)C(C)(C)O1. The number of hydrogen-bond acceptors (Lipinski definition) is 4. The van der Waals surface area contributed by atoms with E-state index in [0.717, 1.165) is 19.3 Å². The zero-order valence-corrected chi connectivity index (χ0v) is 12.7. The van der Waals surface area contributed by atoms with Gasteiger partial charge in [-0.1, -0.05) is 12.8 Å². The molecular formula is C14H25BO4. The summed E-state index contributed by atoms with van der Waals surface area (Å²) in [6, 6.07) is 0. The van der Waals surface area contributed by atoms with Crippen molar-refractivity contribution < 1.29 is 18.8 Å². The van der Waals surface area contributed by atoms with Crippen LogP contribution in [0.5, 0.6) is 0 Å². The molecule has 108 valence electrons. The molecule has 0 amide bonds. The normalized spacial score (nSPS) is 32.6. The van der Waals surface area contributed by atoms with Gasteiger partial charge in [0.1, 0.15) is 0 Å². The fraction of sp³-hybridized carbons (Fsp3) is 0.929. The second-order valence-corrected chi connectivity index (χ2v) is 6.58. The van der Waals surface area contributed by atoms with Gasteiger partial charge >= 0.3 is 13.1 Å². The Balaban J connectivity index is 2.08. The second-order valence-electron chi connectivity index (χ2n) is 6.58. The zero-order valence-electron chi connectivity index (χ0n) is 12.7. The average molecular weight is 268 g/mol. The molecule has 4 nitrogen and oxygen atoms in total. The number of hydrogen-bond donors (Lipinski definition) is 0. The molecule has 0 N–H and O–H groups in total. The molecule has 0 aromatic rings. The van der Waals surface area contributed by atoms with E-state index in [1.807, 2.05) is 34.6 Å². The van der Waals surface area contributed by atoms with Crippen molar-refractivity contribution in [3.63, 3.8) is 0 Å². The van der Waals surface area contributed by atoms with Crippen LogP contribution in [0.4, 0.5) is 0 Å². The van der Waals surface area contributed by atoms with Crippen molar-refractivity contribution in [2.45, 2.75) is 70.9 Å². The van der Waals surface area contributed by atoms with Gasteiger partial charge in [0.2, 0.25) is 0 Å². The van der Waals surface area contributed by atoms with Crippen molar-refractivity contribution in [2.75, 3.05) is 6.61 Å². The van der Waals surface area contributed by atoms with Gasteiger partial charge in [-0.3, -0.25) is 4.79 Å². The topological polar surface area (TPSA) is 44.8 Å². The largest absolute Gasteiger partial charge is 0.466 e. The molecule has 2 fully saturated rings. The van der Waals surface area contributed by atoms with Gasteiger partial charge in [0.15, 0.2) is 0 Å². The standard InChI is InChI=1S/C14H25BO4/c1-6-17-12(16)10-8-7-9-11(10)15-18-13(2,3)14(4,5)19-15/h10-11H,6-9H2,1-5H3/t10-,11-/m1/s1. The van der Waals surface area contributed by atoms with Crippen molar-refractivity contribution in [1.82, 2.24) is 0 Å². The second kappa shape index (κ2) is 5.10. The summed E-state index contributed by atoms with van der Waals surface area (Å²) in [4.78, 5) is 12.0. The number of rotatable bonds is 3. The fourth-order valence-electron chi connectivity index (χ4n) is 2.92. The van der Waals surface area contributed by atoms with Gasteiger partial charge in [0.25, 0.3) is 0 Å². The van der Waals surface area contributed by atoms with Crippen LogP contribution < -0.4 is 0 Å². The highest BCUT2D eigenvalue weighted by molar-refractivity contribution is 6.48. The number of esters is 1. The highest BCUT2D eigenvalue weighted by Gasteiger charge is 2.56. The van der Waals surface area contributed by atoms with Crippen LogP contribution in [0.3, 0.4) is 0 Å². The zero-order chi connectivity index (χ0) is 14.3. The van der Waals surface area contributed by atoms with Gasteiger partial charge in [0, 0.05) is 5.82 Å². The number of carbonyl (C=O) groups is 1. The molecule has 0 spiro atoms. The lowest BCUT2D eigenvalue weighted by atomic mass is 9.66. The lowest BCUT2D eigenvalue weighted by Crippen LogP contribution is -2.41. The summed E-state index contributed by atoms with van der Waals surface area (Å²) >= 11 is 0. The maximum absolute atomic E-state index is 12.0. The van der Waals surface area contributed by atoms with E-state index in [-0.39, 0.29) is 36.0 Å². The molecule has 1 saturated heterocycles. The van der Waals surface area contributed by atoms with E-state index in [1.165, 1.54) is 0 Å². The summed E-state index contributed by atoms with van der Waals surface area (Å²) in [5.74, 6) is -0.0468. The third kappa shape index (κ3) is 2.68. The summed E-state index contributed by atoms with van der Waals surface area (Å²) < 4.78 is 17.3. The van der Waals surface area contributed by atoms with Crippen LogP contribution in [-0.4, -0.2) is 30.9 Å². The summed E-state index contributed by atoms with van der Waals surface area (Å²) in [5, 5.41) is 0. The minimum atomic E-state index is -0.334. The molecule has 19 heavy (non-hydrogen) atoms. The fourth-order valence-corrected chi connectivity index (χ4v) is 2.92. The molecule has 0 aromatic carbocycles. The Hall–Kier alpha value is -0.545. The van der Waals surface area contributed by atoms with E-state index < -0.39 is 0 Å². The van der Waals surface area contributed by atoms with Gasteiger partial charge in [0.05, 0.1) is 23.7 Å². The lowest BCUT2D eigenvalue weighted by molar-refractivity contribution is -0.147. The quantitative estimate of drug-likeness (QED) is 0.583. The maximum Gasteiger partial charge on any atom is 0.462 e. The van der Waals surface area contributed by atoms with Crippen LogP contribution in [0, 0.1) is 5.92 Å². The summed E-state index contributed by atoms with van der Waals surface area (Å²) in [7, 11) is -0.290. The third-order valence-corrected chi connectivity index (χ3v) is 4.78. The molecule has 0 bridgehead atoms. The van der Waals surface area contributed by atoms with E-state index >= 15 is 0 Å². The van der Waals surface area contributed by atoms with E-state index in [2.05, 4.69) is 0 Å². The van der Waals surface area contributed by atoms with Crippen LogP contribution in [0.15, 0.2) is 0 Å². The molecule has 2 aliphatic rings. The van der Waals surface area contributed by atoms with Crippen molar-refractivity contribution in [1.29, 1.82) is 0 Å². The average Bonchev–Trinajstić information content (AvgIpc) is 2.82. The first-order valence-electron chi connectivity index (χ1n) is 7.31. The third-order valence-electron chi connectivity index (χ3n) is 4.78. The Kier molecular flexibility index (Phi) is 3.98. The maximum atomic E-state index is 12.0. The molecule has 0 radical (unpaired) electrons. The van der Waals surface area contributed by atoms with Crippen LogP contribution >= 0.6 is 0 Å². The van der Waals surface area contributed by atoms with E-state index in [4.69, 9.17) is 14.0 Å². The highest BCUT2D eigenvalue weighted by Crippen LogP contribution is 2.47. The van der Waals surface area contributed by atoms with Crippen LogP contribution in [0.2, 0.25) is 5.82 Å². The minimum absolute atomic E-state index is 0.0744. The minimum Gasteiger partial charge on any atom is -0.466 e. The smallest absolute Gasteiger partial charge is 0.462 e. The van der Waals surface area contributed by atoms with Crippen molar-refractivity contribution >= 4 is 13.1 Å². The Bertz CT molecular complexity index is 337. The summed E-state index contributed by atoms with van der Waals surface area (Å²) in [6.07, 6.45) is 2.89. The summed E-state index contributed by atoms with van der Waals surface area (Å²) in [6.45, 7) is 10.5. The summed E-state index contributed by atoms with van der Waals surface area (Å²) in [5.41, 5.74) is -0.668. The molecular weight excluding hydrogens is 243 g/mol. The van der Waals surface area contributed by atoms with Gasteiger partial charge in [-0.25, -0.2) is 0 Å². The van der Waals surface area contributed by atoms with Gasteiger partial charge in [-0.15, -0.1) is 0 Å². The van der Waals surface area contributed by atoms with E-state index in [1.54, 1.807) is 0 Å². The van der Waals surface area contributed by atoms with Crippen molar-refractivity contribution in [2.24, 2.45) is 5.92 Å². The Morgan fingerprint density at radius 1 is 1.21 bits per heavy atom. The van der Waals surface area contributed by atoms with E-state index in [0.29, 0.717) is 6.61 Å². The molecule has 2 rings (SSSR count). The monoisotopic (exact) mass is 268 g/mol. The molecule has 1 saturated carbocycles. The molecule has 0 unspecified atom stereocenters. The Morgan fingerprint density at radius 2 is 1.79 bits per heavy atom. The number of ether oxygens (including phenoxy) is 1. The molecule has 1 aliphatic heterocycles.